The first-order valence-electron chi connectivity index (χ1n) is 7.42. The number of hydrogen-bond donors (Lipinski definition) is 0. The lowest BCUT2D eigenvalue weighted by atomic mass is 10.00. The summed E-state index contributed by atoms with van der Waals surface area (Å²) in [5.74, 6) is 0. The SMILES string of the molecule is Cc1ccc(-c2c(-c3ccc(S(C)(=O)=O)cc3)cc(Cl)c[n+]2[O-])cn1. The smallest absolute Gasteiger partial charge is 0.233 e. The molecule has 128 valence electrons. The average molecular weight is 375 g/mol. The van der Waals surface area contributed by atoms with Crippen LogP contribution in [0.4, 0.5) is 0 Å². The van der Waals surface area contributed by atoms with E-state index in [-0.39, 0.29) is 4.90 Å². The van der Waals surface area contributed by atoms with Crippen LogP contribution >= 0.6 is 11.6 Å². The minimum atomic E-state index is -3.29. The quantitative estimate of drug-likeness (QED) is 0.520. The Balaban J connectivity index is 2.20. The van der Waals surface area contributed by atoms with Gasteiger partial charge in [0, 0.05) is 18.1 Å². The molecule has 0 unspecified atom stereocenters. The van der Waals surface area contributed by atoms with E-state index in [1.807, 2.05) is 19.1 Å². The fourth-order valence-electron chi connectivity index (χ4n) is 2.53. The molecule has 0 N–H and O–H groups in total. The summed E-state index contributed by atoms with van der Waals surface area (Å²) >= 11 is 6.06. The van der Waals surface area contributed by atoms with Gasteiger partial charge in [-0.2, -0.15) is 4.73 Å². The molecule has 0 fully saturated rings. The van der Waals surface area contributed by atoms with Gasteiger partial charge in [0.1, 0.15) is 5.02 Å². The van der Waals surface area contributed by atoms with Crippen molar-refractivity contribution in [2.24, 2.45) is 0 Å². The van der Waals surface area contributed by atoms with Crippen molar-refractivity contribution in [1.29, 1.82) is 0 Å². The Morgan fingerprint density at radius 1 is 1.08 bits per heavy atom. The highest BCUT2D eigenvalue weighted by atomic mass is 35.5. The van der Waals surface area contributed by atoms with Gasteiger partial charge in [0.2, 0.25) is 5.69 Å². The Bertz CT molecular complexity index is 1030. The van der Waals surface area contributed by atoms with Gasteiger partial charge in [-0.3, -0.25) is 4.98 Å². The van der Waals surface area contributed by atoms with Crippen molar-refractivity contribution in [2.45, 2.75) is 11.8 Å². The van der Waals surface area contributed by atoms with Gasteiger partial charge in [-0.1, -0.05) is 23.7 Å². The topological polar surface area (TPSA) is 74.0 Å². The van der Waals surface area contributed by atoms with E-state index in [1.165, 1.54) is 18.3 Å². The lowest BCUT2D eigenvalue weighted by Gasteiger charge is -2.11. The van der Waals surface area contributed by atoms with Gasteiger partial charge >= 0.3 is 0 Å². The van der Waals surface area contributed by atoms with Crippen LogP contribution in [0.1, 0.15) is 5.69 Å². The molecule has 3 rings (SSSR count). The number of halogens is 1. The zero-order valence-corrected chi connectivity index (χ0v) is 15.2. The van der Waals surface area contributed by atoms with E-state index in [2.05, 4.69) is 4.98 Å². The fourth-order valence-corrected chi connectivity index (χ4v) is 3.36. The van der Waals surface area contributed by atoms with E-state index in [4.69, 9.17) is 11.6 Å². The van der Waals surface area contributed by atoms with Crippen LogP contribution in [0.15, 0.2) is 59.8 Å². The molecule has 0 aliphatic rings. The van der Waals surface area contributed by atoms with Crippen molar-refractivity contribution < 1.29 is 13.1 Å². The predicted octanol–water partition coefficient (Wildman–Crippen LogP) is 3.41. The second-order valence-electron chi connectivity index (χ2n) is 5.73. The Kier molecular flexibility index (Phi) is 4.49. The second kappa shape index (κ2) is 6.46. The van der Waals surface area contributed by atoms with Crippen LogP contribution in [0.25, 0.3) is 22.4 Å². The monoisotopic (exact) mass is 374 g/mol. The Morgan fingerprint density at radius 2 is 1.72 bits per heavy atom. The van der Waals surface area contributed by atoms with Gasteiger partial charge in [0.25, 0.3) is 0 Å². The fraction of sp³-hybridized carbons (Fsp3) is 0.111. The molecule has 0 radical (unpaired) electrons. The second-order valence-corrected chi connectivity index (χ2v) is 8.18. The van der Waals surface area contributed by atoms with Gasteiger partial charge in [0.15, 0.2) is 16.0 Å². The lowest BCUT2D eigenvalue weighted by molar-refractivity contribution is -0.593. The number of nitrogens with zero attached hydrogens (tertiary/aromatic N) is 2. The van der Waals surface area contributed by atoms with E-state index < -0.39 is 9.84 Å². The highest BCUT2D eigenvalue weighted by Gasteiger charge is 2.19. The molecule has 0 spiro atoms. The average Bonchev–Trinajstić information content (AvgIpc) is 2.55. The Hall–Kier alpha value is -2.44. The summed E-state index contributed by atoms with van der Waals surface area (Å²) in [5, 5.41) is 12.7. The summed E-state index contributed by atoms with van der Waals surface area (Å²) in [5.41, 5.74) is 3.20. The number of aryl methyl sites for hydroxylation is 1. The van der Waals surface area contributed by atoms with Gasteiger partial charge in [-0.25, -0.2) is 8.42 Å². The molecular formula is C18H15ClN2O3S. The predicted molar refractivity (Wildman–Crippen MR) is 96.9 cm³/mol. The molecule has 0 aliphatic heterocycles. The molecule has 5 nitrogen and oxygen atoms in total. The van der Waals surface area contributed by atoms with Crippen LogP contribution in [-0.4, -0.2) is 19.7 Å². The number of aromatic nitrogens is 2. The molecule has 0 amide bonds. The summed E-state index contributed by atoms with van der Waals surface area (Å²) in [6.45, 7) is 1.86. The lowest BCUT2D eigenvalue weighted by Crippen LogP contribution is -2.29. The van der Waals surface area contributed by atoms with Gasteiger partial charge in [-0.15, -0.1) is 0 Å². The molecule has 0 bridgehead atoms. The van der Waals surface area contributed by atoms with Crippen molar-refractivity contribution in [3.05, 3.63) is 70.8 Å². The number of benzene rings is 1. The maximum Gasteiger partial charge on any atom is 0.233 e. The van der Waals surface area contributed by atoms with E-state index in [9.17, 15) is 13.6 Å². The third-order valence-corrected chi connectivity index (χ3v) is 5.11. The molecule has 0 saturated carbocycles. The van der Waals surface area contributed by atoms with Crippen LogP contribution in [0.3, 0.4) is 0 Å². The number of sulfone groups is 1. The van der Waals surface area contributed by atoms with E-state index in [0.717, 1.165) is 11.9 Å². The standard InChI is InChI=1S/C18H15ClN2O3S/c1-12-3-4-14(10-20-12)18-17(9-15(19)11-21(18)22)13-5-7-16(8-6-13)25(2,23)24/h3-11H,1-2H3. The van der Waals surface area contributed by atoms with Crippen molar-refractivity contribution in [3.63, 3.8) is 0 Å². The number of hydrogen-bond acceptors (Lipinski definition) is 4. The zero-order chi connectivity index (χ0) is 18.2. The van der Waals surface area contributed by atoms with E-state index in [1.54, 1.807) is 24.4 Å². The van der Waals surface area contributed by atoms with Gasteiger partial charge in [-0.05, 0) is 42.8 Å². The summed E-state index contributed by atoms with van der Waals surface area (Å²) < 4.78 is 24.0. The van der Waals surface area contributed by atoms with E-state index >= 15 is 0 Å². The Morgan fingerprint density at radius 3 is 2.28 bits per heavy atom. The van der Waals surface area contributed by atoms with Gasteiger partial charge in [0.05, 0.1) is 16.0 Å². The summed E-state index contributed by atoms with van der Waals surface area (Å²) in [7, 11) is -3.29. The maximum absolute atomic E-state index is 12.5. The summed E-state index contributed by atoms with van der Waals surface area (Å²) in [4.78, 5) is 4.45. The van der Waals surface area contributed by atoms with Crippen LogP contribution in [0, 0.1) is 12.1 Å². The molecule has 2 aromatic heterocycles. The molecule has 0 aliphatic carbocycles. The van der Waals surface area contributed by atoms with Crippen LogP contribution < -0.4 is 4.73 Å². The zero-order valence-electron chi connectivity index (χ0n) is 13.6. The minimum absolute atomic E-state index is 0.215. The molecule has 1 aromatic carbocycles. The summed E-state index contributed by atoms with van der Waals surface area (Å²) in [6, 6.07) is 11.7. The van der Waals surface area contributed by atoms with Crippen molar-refractivity contribution in [1.82, 2.24) is 4.98 Å². The molecular weight excluding hydrogens is 360 g/mol. The molecule has 0 saturated heterocycles. The van der Waals surface area contributed by atoms with Crippen LogP contribution in [0.2, 0.25) is 5.02 Å². The minimum Gasteiger partial charge on any atom is -0.618 e. The molecule has 0 atom stereocenters. The molecule has 25 heavy (non-hydrogen) atoms. The normalized spacial score (nSPS) is 11.5. The number of pyridine rings is 2. The highest BCUT2D eigenvalue weighted by Crippen LogP contribution is 2.31. The largest absolute Gasteiger partial charge is 0.618 e. The first-order valence-corrected chi connectivity index (χ1v) is 9.69. The summed E-state index contributed by atoms with van der Waals surface area (Å²) in [6.07, 6.45) is 4.06. The van der Waals surface area contributed by atoms with Gasteiger partial charge < -0.3 is 5.21 Å². The maximum atomic E-state index is 12.5. The number of rotatable bonds is 3. The molecule has 7 heteroatoms. The molecule has 3 aromatic rings. The van der Waals surface area contributed by atoms with E-state index in [0.29, 0.717) is 32.1 Å². The Labute approximate surface area is 151 Å². The van der Waals surface area contributed by atoms with Crippen molar-refractivity contribution in [3.8, 4) is 22.4 Å². The third-order valence-electron chi connectivity index (χ3n) is 3.78. The first kappa shape index (κ1) is 17.4. The van der Waals surface area contributed by atoms with Crippen LogP contribution in [-0.2, 0) is 9.84 Å². The third kappa shape index (κ3) is 3.65. The molecule has 2 heterocycles. The van der Waals surface area contributed by atoms with Crippen molar-refractivity contribution in [2.75, 3.05) is 6.26 Å². The highest BCUT2D eigenvalue weighted by molar-refractivity contribution is 7.90. The van der Waals surface area contributed by atoms with Crippen molar-refractivity contribution >= 4 is 21.4 Å². The van der Waals surface area contributed by atoms with Crippen LogP contribution in [0.5, 0.6) is 0 Å². The first-order chi connectivity index (χ1) is 11.8.